The van der Waals surface area contributed by atoms with Gasteiger partial charge < -0.3 is 15.4 Å². The lowest BCUT2D eigenvalue weighted by molar-refractivity contribution is 0.102. The molecule has 0 saturated heterocycles. The lowest BCUT2D eigenvalue weighted by Gasteiger charge is -2.12. The van der Waals surface area contributed by atoms with Crippen LogP contribution < -0.4 is 15.4 Å². The Bertz CT molecular complexity index is 1040. The second-order valence-corrected chi connectivity index (χ2v) is 6.60. The van der Waals surface area contributed by atoms with Crippen molar-refractivity contribution in [2.75, 3.05) is 17.7 Å². The van der Waals surface area contributed by atoms with E-state index in [0.717, 1.165) is 0 Å². The summed E-state index contributed by atoms with van der Waals surface area (Å²) in [7, 11) is 1.45. The van der Waals surface area contributed by atoms with Crippen LogP contribution in [0.1, 0.15) is 20.7 Å². The minimum atomic E-state index is -0.447. The van der Waals surface area contributed by atoms with Crippen LogP contribution >= 0.6 is 23.2 Å². The minimum absolute atomic E-state index is 0.203. The molecule has 3 rings (SSSR count). The smallest absolute Gasteiger partial charge is 0.259 e. The Kier molecular flexibility index (Phi) is 6.19. The monoisotopic (exact) mass is 414 g/mol. The molecular weight excluding hydrogens is 399 g/mol. The quantitative estimate of drug-likeness (QED) is 0.578. The molecule has 0 aliphatic rings. The number of benzene rings is 3. The Labute approximate surface area is 172 Å². The number of para-hydroxylation sites is 2. The average Bonchev–Trinajstić information content (AvgIpc) is 2.70. The van der Waals surface area contributed by atoms with Crippen LogP contribution in [0.5, 0.6) is 5.75 Å². The fraction of sp³-hybridized carbons (Fsp3) is 0.0476. The molecule has 7 heteroatoms. The summed E-state index contributed by atoms with van der Waals surface area (Å²) in [6.07, 6.45) is 0. The first-order chi connectivity index (χ1) is 13.5. The molecule has 0 unspecified atom stereocenters. The highest BCUT2D eigenvalue weighted by atomic mass is 35.5. The number of halogens is 2. The molecular formula is C21H16Cl2N2O3. The van der Waals surface area contributed by atoms with E-state index in [4.69, 9.17) is 27.9 Å². The van der Waals surface area contributed by atoms with Crippen LogP contribution in [0.25, 0.3) is 0 Å². The molecule has 0 spiro atoms. The largest absolute Gasteiger partial charge is 0.496 e. The van der Waals surface area contributed by atoms with Gasteiger partial charge in [0.1, 0.15) is 5.75 Å². The molecule has 0 heterocycles. The molecule has 0 aliphatic carbocycles. The van der Waals surface area contributed by atoms with Gasteiger partial charge in [-0.2, -0.15) is 0 Å². The Morgan fingerprint density at radius 3 is 1.86 bits per heavy atom. The molecule has 0 atom stereocenters. The van der Waals surface area contributed by atoms with E-state index in [1.165, 1.54) is 13.2 Å². The van der Waals surface area contributed by atoms with Crippen LogP contribution in [-0.2, 0) is 0 Å². The Balaban J connectivity index is 1.87. The van der Waals surface area contributed by atoms with Gasteiger partial charge in [-0.25, -0.2) is 0 Å². The van der Waals surface area contributed by atoms with Gasteiger partial charge in [0.25, 0.3) is 11.8 Å². The summed E-state index contributed by atoms with van der Waals surface area (Å²) in [4.78, 5) is 25.3. The molecule has 5 nitrogen and oxygen atoms in total. The zero-order valence-electron chi connectivity index (χ0n) is 14.8. The first-order valence-corrected chi connectivity index (χ1v) is 9.05. The highest BCUT2D eigenvalue weighted by molar-refractivity contribution is 6.34. The van der Waals surface area contributed by atoms with Crippen molar-refractivity contribution in [3.05, 3.63) is 87.9 Å². The molecule has 0 saturated carbocycles. The van der Waals surface area contributed by atoms with Crippen LogP contribution in [0.2, 0.25) is 10.0 Å². The number of hydrogen-bond acceptors (Lipinski definition) is 3. The number of nitrogens with one attached hydrogen (secondary N) is 2. The lowest BCUT2D eigenvalue weighted by Crippen LogP contribution is -2.17. The Morgan fingerprint density at radius 1 is 0.786 bits per heavy atom. The highest BCUT2D eigenvalue weighted by Gasteiger charge is 2.17. The maximum Gasteiger partial charge on any atom is 0.259 e. The van der Waals surface area contributed by atoms with Crippen molar-refractivity contribution in [2.45, 2.75) is 0 Å². The third kappa shape index (κ3) is 4.44. The van der Waals surface area contributed by atoms with Gasteiger partial charge in [-0.1, -0.05) is 47.5 Å². The van der Waals surface area contributed by atoms with Crippen molar-refractivity contribution in [1.29, 1.82) is 0 Å². The zero-order valence-corrected chi connectivity index (χ0v) is 16.3. The van der Waals surface area contributed by atoms with Gasteiger partial charge in [0.15, 0.2) is 0 Å². The summed E-state index contributed by atoms with van der Waals surface area (Å²) in [6.45, 7) is 0. The maximum atomic E-state index is 12.7. The van der Waals surface area contributed by atoms with Gasteiger partial charge in [0.2, 0.25) is 0 Å². The van der Waals surface area contributed by atoms with Crippen LogP contribution in [0.15, 0.2) is 66.7 Å². The van der Waals surface area contributed by atoms with E-state index in [1.54, 1.807) is 60.7 Å². The number of rotatable bonds is 5. The number of methoxy groups -OCH3 is 1. The van der Waals surface area contributed by atoms with E-state index in [9.17, 15) is 9.59 Å². The number of amides is 2. The fourth-order valence-corrected chi connectivity index (χ4v) is 2.90. The van der Waals surface area contributed by atoms with Crippen LogP contribution in [0, 0.1) is 0 Å². The third-order valence-electron chi connectivity index (χ3n) is 3.95. The number of anilines is 2. The summed E-state index contributed by atoms with van der Waals surface area (Å²) in [6, 6.07) is 18.3. The second-order valence-electron chi connectivity index (χ2n) is 5.78. The normalized spacial score (nSPS) is 10.2. The van der Waals surface area contributed by atoms with Crippen molar-refractivity contribution in [3.63, 3.8) is 0 Å². The lowest BCUT2D eigenvalue weighted by atomic mass is 10.1. The molecule has 2 N–H and O–H groups in total. The minimum Gasteiger partial charge on any atom is -0.496 e. The van der Waals surface area contributed by atoms with E-state index in [0.29, 0.717) is 27.2 Å². The molecule has 3 aromatic carbocycles. The van der Waals surface area contributed by atoms with E-state index in [1.807, 2.05) is 0 Å². The van der Waals surface area contributed by atoms with Gasteiger partial charge in [-0.3, -0.25) is 9.59 Å². The van der Waals surface area contributed by atoms with Gasteiger partial charge in [-0.15, -0.1) is 0 Å². The molecule has 0 bridgehead atoms. The molecule has 0 aliphatic heterocycles. The fourth-order valence-electron chi connectivity index (χ4n) is 2.54. The number of ether oxygens (including phenoxy) is 1. The van der Waals surface area contributed by atoms with E-state index in [2.05, 4.69) is 10.6 Å². The predicted octanol–water partition coefficient (Wildman–Crippen LogP) is 5.51. The molecule has 0 radical (unpaired) electrons. The van der Waals surface area contributed by atoms with Crippen molar-refractivity contribution in [1.82, 2.24) is 0 Å². The van der Waals surface area contributed by atoms with Crippen LogP contribution in [-0.4, -0.2) is 18.9 Å². The molecule has 3 aromatic rings. The predicted molar refractivity (Wildman–Crippen MR) is 112 cm³/mol. The first kappa shape index (κ1) is 19.7. The summed E-state index contributed by atoms with van der Waals surface area (Å²) in [5.41, 5.74) is 1.42. The van der Waals surface area contributed by atoms with Gasteiger partial charge in [0.05, 0.1) is 34.1 Å². The summed E-state index contributed by atoms with van der Waals surface area (Å²) in [5, 5.41) is 6.27. The van der Waals surface area contributed by atoms with Crippen LogP contribution in [0.4, 0.5) is 11.4 Å². The van der Waals surface area contributed by atoms with Crippen molar-refractivity contribution in [3.8, 4) is 5.75 Å². The molecule has 2 amide bonds. The molecule has 142 valence electrons. The van der Waals surface area contributed by atoms with Gasteiger partial charge >= 0.3 is 0 Å². The van der Waals surface area contributed by atoms with E-state index < -0.39 is 11.8 Å². The van der Waals surface area contributed by atoms with E-state index >= 15 is 0 Å². The number of carbonyl (C=O) groups excluding carboxylic acids is 2. The topological polar surface area (TPSA) is 67.4 Å². The Morgan fingerprint density at radius 2 is 1.32 bits per heavy atom. The van der Waals surface area contributed by atoms with Gasteiger partial charge in [-0.05, 0) is 42.5 Å². The third-order valence-corrected chi connectivity index (χ3v) is 4.61. The second kappa shape index (κ2) is 8.78. The van der Waals surface area contributed by atoms with Crippen LogP contribution in [0.3, 0.4) is 0 Å². The standard InChI is InChI=1S/C21H16Cl2N2O3/c1-28-19-11-10-13(20(26)24-17-8-4-2-6-15(17)22)12-14(19)21(27)25-18-9-5-3-7-16(18)23/h2-12H,1H3,(H,24,26)(H,25,27). The molecule has 28 heavy (non-hydrogen) atoms. The maximum absolute atomic E-state index is 12.7. The SMILES string of the molecule is COc1ccc(C(=O)Nc2ccccc2Cl)cc1C(=O)Nc1ccccc1Cl. The number of carbonyl (C=O) groups is 2. The first-order valence-electron chi connectivity index (χ1n) is 8.29. The van der Waals surface area contributed by atoms with Crippen molar-refractivity contribution in [2.24, 2.45) is 0 Å². The van der Waals surface area contributed by atoms with Crippen molar-refractivity contribution < 1.29 is 14.3 Å². The Hall–Kier alpha value is -3.02. The van der Waals surface area contributed by atoms with E-state index in [-0.39, 0.29) is 11.1 Å². The molecule has 0 fully saturated rings. The average molecular weight is 415 g/mol. The van der Waals surface area contributed by atoms with Crippen molar-refractivity contribution >= 4 is 46.4 Å². The summed E-state index contributed by atoms with van der Waals surface area (Å²) in [5.74, 6) is -0.515. The molecule has 0 aromatic heterocycles. The zero-order chi connectivity index (χ0) is 20.1. The number of hydrogen-bond donors (Lipinski definition) is 2. The summed E-state index contributed by atoms with van der Waals surface area (Å²) < 4.78 is 5.26. The highest BCUT2D eigenvalue weighted by Crippen LogP contribution is 2.26. The van der Waals surface area contributed by atoms with Gasteiger partial charge in [0, 0.05) is 5.56 Å². The summed E-state index contributed by atoms with van der Waals surface area (Å²) >= 11 is 12.2.